The van der Waals surface area contributed by atoms with Gasteiger partial charge in [0.1, 0.15) is 17.7 Å². The SMILES string of the molecule is CC(=O)O[C@@H]1CCC2=C3CC[C@@]4(C)C(=O)CC[C@@H]4[C@@H]3C(=O)[C@@H]2C1. The Balaban J connectivity index is 1.63. The lowest BCUT2D eigenvalue weighted by Gasteiger charge is -2.40. The molecule has 4 heteroatoms. The summed E-state index contributed by atoms with van der Waals surface area (Å²) < 4.78 is 5.36. The lowest BCUT2D eigenvalue weighted by atomic mass is 9.62. The van der Waals surface area contributed by atoms with Crippen LogP contribution in [0.25, 0.3) is 0 Å². The largest absolute Gasteiger partial charge is 0.463 e. The van der Waals surface area contributed by atoms with E-state index in [1.54, 1.807) is 0 Å². The maximum atomic E-state index is 13.1. The van der Waals surface area contributed by atoms with Crippen LogP contribution in [0.1, 0.15) is 58.8 Å². The molecule has 0 aromatic rings. The van der Waals surface area contributed by atoms with Gasteiger partial charge >= 0.3 is 5.97 Å². The Kier molecular flexibility index (Phi) is 3.30. The number of rotatable bonds is 1. The fourth-order valence-corrected chi connectivity index (χ4v) is 5.72. The van der Waals surface area contributed by atoms with Crippen LogP contribution in [-0.2, 0) is 19.1 Å². The van der Waals surface area contributed by atoms with Crippen molar-refractivity contribution in [1.29, 1.82) is 0 Å². The zero-order chi connectivity index (χ0) is 16.4. The summed E-state index contributed by atoms with van der Waals surface area (Å²) >= 11 is 0. The summed E-state index contributed by atoms with van der Waals surface area (Å²) in [6.07, 6.45) is 5.52. The maximum Gasteiger partial charge on any atom is 0.302 e. The summed E-state index contributed by atoms with van der Waals surface area (Å²) in [5.74, 6) is 0.506. The molecule has 4 nitrogen and oxygen atoms in total. The average Bonchev–Trinajstić information content (AvgIpc) is 2.95. The highest BCUT2D eigenvalue weighted by atomic mass is 16.5. The first kappa shape index (κ1) is 15.1. The molecule has 0 unspecified atom stereocenters. The van der Waals surface area contributed by atoms with Crippen molar-refractivity contribution >= 4 is 17.5 Å². The van der Waals surface area contributed by atoms with Crippen LogP contribution in [-0.4, -0.2) is 23.6 Å². The van der Waals surface area contributed by atoms with Crippen LogP contribution in [0.5, 0.6) is 0 Å². The third-order valence-electron chi connectivity index (χ3n) is 6.88. The van der Waals surface area contributed by atoms with Crippen molar-refractivity contribution in [2.24, 2.45) is 23.2 Å². The van der Waals surface area contributed by atoms with Crippen LogP contribution in [0.15, 0.2) is 11.1 Å². The van der Waals surface area contributed by atoms with E-state index in [2.05, 4.69) is 6.92 Å². The highest BCUT2D eigenvalue weighted by molar-refractivity contribution is 5.96. The van der Waals surface area contributed by atoms with E-state index >= 15 is 0 Å². The molecule has 124 valence electrons. The molecule has 0 amide bonds. The van der Waals surface area contributed by atoms with Crippen molar-refractivity contribution in [3.63, 3.8) is 0 Å². The minimum atomic E-state index is -0.285. The Hall–Kier alpha value is -1.45. The quantitative estimate of drug-likeness (QED) is 0.551. The second-order valence-corrected chi connectivity index (χ2v) is 7.97. The fourth-order valence-electron chi connectivity index (χ4n) is 5.72. The molecule has 0 radical (unpaired) electrons. The number of hydrogen-bond donors (Lipinski definition) is 0. The molecule has 0 bridgehead atoms. The molecule has 23 heavy (non-hydrogen) atoms. The predicted octanol–water partition coefficient (Wildman–Crippen LogP) is 2.99. The standard InChI is InChI=1S/C19H24O4/c1-10(20)23-11-3-4-12-13-7-8-19(2)15(5-6-16(19)21)17(13)18(22)14(12)9-11/h11,14-15,17H,3-9H2,1-2H3/t11-,14-,15-,17-,19-/m1/s1. The molecule has 3 saturated carbocycles. The van der Waals surface area contributed by atoms with Gasteiger partial charge in [0.2, 0.25) is 0 Å². The third-order valence-corrected chi connectivity index (χ3v) is 6.88. The molecule has 3 fully saturated rings. The van der Waals surface area contributed by atoms with Crippen molar-refractivity contribution in [2.75, 3.05) is 0 Å². The molecule has 0 saturated heterocycles. The molecular weight excluding hydrogens is 292 g/mol. The van der Waals surface area contributed by atoms with E-state index in [0.717, 1.165) is 32.1 Å². The summed E-state index contributed by atoms with van der Waals surface area (Å²) in [6.45, 7) is 3.51. The van der Waals surface area contributed by atoms with Gasteiger partial charge < -0.3 is 4.74 Å². The highest BCUT2D eigenvalue weighted by Gasteiger charge is 2.58. The van der Waals surface area contributed by atoms with E-state index in [-0.39, 0.29) is 35.2 Å². The Morgan fingerprint density at radius 3 is 2.65 bits per heavy atom. The number of carbonyl (C=O) groups excluding carboxylic acids is 3. The molecule has 4 aliphatic carbocycles. The van der Waals surface area contributed by atoms with Crippen molar-refractivity contribution in [1.82, 2.24) is 0 Å². The van der Waals surface area contributed by atoms with Crippen LogP contribution in [0.2, 0.25) is 0 Å². The number of esters is 1. The Bertz CT molecular complexity index is 631. The van der Waals surface area contributed by atoms with Crippen molar-refractivity contribution in [2.45, 2.75) is 64.9 Å². The smallest absolute Gasteiger partial charge is 0.302 e. The van der Waals surface area contributed by atoms with Crippen LogP contribution in [0.3, 0.4) is 0 Å². The number of ether oxygens (including phenoxy) is 1. The Morgan fingerprint density at radius 2 is 1.91 bits per heavy atom. The summed E-state index contributed by atoms with van der Waals surface area (Å²) in [7, 11) is 0. The summed E-state index contributed by atoms with van der Waals surface area (Å²) in [4.78, 5) is 36.6. The molecule has 5 atom stereocenters. The van der Waals surface area contributed by atoms with Crippen LogP contribution in [0, 0.1) is 23.2 Å². The Labute approximate surface area is 136 Å². The van der Waals surface area contributed by atoms with Gasteiger partial charge in [-0.1, -0.05) is 18.1 Å². The molecule has 0 spiro atoms. The van der Waals surface area contributed by atoms with Crippen LogP contribution in [0.4, 0.5) is 0 Å². The first-order valence-electron chi connectivity index (χ1n) is 8.88. The third kappa shape index (κ3) is 2.06. The molecule has 0 aromatic heterocycles. The van der Waals surface area contributed by atoms with E-state index in [9.17, 15) is 14.4 Å². The van der Waals surface area contributed by atoms with Gasteiger partial charge in [0.25, 0.3) is 0 Å². The first-order valence-corrected chi connectivity index (χ1v) is 8.88. The number of hydrogen-bond acceptors (Lipinski definition) is 4. The van der Waals surface area contributed by atoms with Crippen molar-refractivity contribution in [3.05, 3.63) is 11.1 Å². The summed E-state index contributed by atoms with van der Waals surface area (Å²) in [6, 6.07) is 0. The minimum absolute atomic E-state index is 0.0312. The lowest BCUT2D eigenvalue weighted by molar-refractivity contribution is -0.149. The zero-order valence-electron chi connectivity index (χ0n) is 13.9. The number of allylic oxidation sites excluding steroid dienone is 2. The number of ketones is 2. The molecule has 0 aromatic carbocycles. The monoisotopic (exact) mass is 316 g/mol. The molecule has 4 aliphatic rings. The van der Waals surface area contributed by atoms with Gasteiger partial charge in [-0.2, -0.15) is 0 Å². The van der Waals surface area contributed by atoms with Gasteiger partial charge in [-0.3, -0.25) is 14.4 Å². The molecular formula is C19H24O4. The maximum absolute atomic E-state index is 13.1. The predicted molar refractivity (Wildman–Crippen MR) is 83.5 cm³/mol. The van der Waals surface area contributed by atoms with Gasteiger partial charge in [0, 0.05) is 30.6 Å². The summed E-state index contributed by atoms with van der Waals surface area (Å²) in [5.41, 5.74) is 2.39. The van der Waals surface area contributed by atoms with Gasteiger partial charge in [-0.25, -0.2) is 0 Å². The van der Waals surface area contributed by atoms with E-state index in [1.165, 1.54) is 18.1 Å². The van der Waals surface area contributed by atoms with Gasteiger partial charge in [0.05, 0.1) is 0 Å². The summed E-state index contributed by atoms with van der Waals surface area (Å²) in [5, 5.41) is 0. The zero-order valence-corrected chi connectivity index (χ0v) is 13.9. The highest BCUT2D eigenvalue weighted by Crippen LogP contribution is 2.59. The molecule has 4 rings (SSSR count). The number of Topliss-reactive ketones (excluding diaryl/α,β-unsaturated/α-hetero) is 2. The normalized spacial score (nSPS) is 42.3. The van der Waals surface area contributed by atoms with E-state index < -0.39 is 0 Å². The average molecular weight is 316 g/mol. The molecule has 0 aliphatic heterocycles. The van der Waals surface area contributed by atoms with Gasteiger partial charge in [-0.15, -0.1) is 0 Å². The van der Waals surface area contributed by atoms with Crippen LogP contribution >= 0.6 is 0 Å². The Morgan fingerprint density at radius 1 is 1.13 bits per heavy atom. The van der Waals surface area contributed by atoms with Crippen LogP contribution < -0.4 is 0 Å². The minimum Gasteiger partial charge on any atom is -0.463 e. The second-order valence-electron chi connectivity index (χ2n) is 7.97. The van der Waals surface area contributed by atoms with Crippen molar-refractivity contribution < 1.29 is 19.1 Å². The van der Waals surface area contributed by atoms with E-state index in [1.807, 2.05) is 0 Å². The first-order chi connectivity index (χ1) is 10.9. The van der Waals surface area contributed by atoms with E-state index in [4.69, 9.17) is 4.74 Å². The fraction of sp³-hybridized carbons (Fsp3) is 0.737. The lowest BCUT2D eigenvalue weighted by Crippen LogP contribution is -2.40. The van der Waals surface area contributed by atoms with E-state index in [0.29, 0.717) is 24.4 Å². The van der Waals surface area contributed by atoms with Gasteiger partial charge in [-0.05, 0) is 44.4 Å². The number of carbonyl (C=O) groups is 3. The topological polar surface area (TPSA) is 60.4 Å². The molecule has 0 heterocycles. The second kappa shape index (κ2) is 5.02. The number of fused-ring (bicyclic) bond motifs is 4. The van der Waals surface area contributed by atoms with Gasteiger partial charge in [0.15, 0.2) is 0 Å². The molecule has 0 N–H and O–H groups in total. The van der Waals surface area contributed by atoms with Crippen molar-refractivity contribution in [3.8, 4) is 0 Å².